The van der Waals surface area contributed by atoms with Crippen LogP contribution in [0.5, 0.6) is 5.75 Å². The number of pyridine rings is 1. The highest BCUT2D eigenvalue weighted by Gasteiger charge is 2.19. The van der Waals surface area contributed by atoms with Gasteiger partial charge in [-0.25, -0.2) is 0 Å². The van der Waals surface area contributed by atoms with E-state index >= 15 is 0 Å². The maximum absolute atomic E-state index is 12.4. The molecule has 4 heteroatoms. The number of nitrogens with one attached hydrogen (secondary N) is 1. The Hall–Kier alpha value is -2.10. The normalized spacial score (nSPS) is 16.6. The summed E-state index contributed by atoms with van der Waals surface area (Å²) in [6.07, 6.45) is 8.49. The van der Waals surface area contributed by atoms with Crippen LogP contribution in [0.1, 0.15) is 48.9 Å². The van der Waals surface area contributed by atoms with Crippen molar-refractivity contribution in [3.8, 4) is 5.75 Å². The fraction of sp³-hybridized carbons (Fsp3) is 0.412. The van der Waals surface area contributed by atoms with Gasteiger partial charge in [-0.2, -0.15) is 0 Å². The van der Waals surface area contributed by atoms with Crippen molar-refractivity contribution < 1.29 is 9.90 Å². The van der Waals surface area contributed by atoms with E-state index in [0.29, 0.717) is 11.1 Å². The van der Waals surface area contributed by atoms with Crippen molar-refractivity contribution in [3.05, 3.63) is 36.0 Å². The van der Waals surface area contributed by atoms with Gasteiger partial charge < -0.3 is 10.4 Å². The zero-order valence-electron chi connectivity index (χ0n) is 12.0. The van der Waals surface area contributed by atoms with Gasteiger partial charge in [0.25, 0.3) is 5.91 Å². The van der Waals surface area contributed by atoms with E-state index in [2.05, 4.69) is 10.3 Å². The van der Waals surface area contributed by atoms with Crippen LogP contribution >= 0.6 is 0 Å². The number of aromatic nitrogens is 1. The van der Waals surface area contributed by atoms with Crippen LogP contribution < -0.4 is 5.32 Å². The lowest BCUT2D eigenvalue weighted by molar-refractivity contribution is 0.0931. The van der Waals surface area contributed by atoms with Crippen molar-refractivity contribution in [2.75, 3.05) is 0 Å². The minimum atomic E-state index is -0.202. The number of nitrogens with zero attached hydrogens (tertiary/aromatic N) is 1. The van der Waals surface area contributed by atoms with Gasteiger partial charge in [-0.1, -0.05) is 37.8 Å². The van der Waals surface area contributed by atoms with Crippen LogP contribution in [0.4, 0.5) is 0 Å². The first-order valence-electron chi connectivity index (χ1n) is 7.63. The van der Waals surface area contributed by atoms with Crippen LogP contribution in [0.15, 0.2) is 30.5 Å². The Morgan fingerprint density at radius 2 is 1.90 bits per heavy atom. The summed E-state index contributed by atoms with van der Waals surface area (Å²) in [5.74, 6) is -0.230. The van der Waals surface area contributed by atoms with E-state index in [-0.39, 0.29) is 17.7 Å². The molecule has 0 unspecified atom stereocenters. The smallest absolute Gasteiger partial charge is 0.255 e. The predicted molar refractivity (Wildman–Crippen MR) is 82.4 cm³/mol. The van der Waals surface area contributed by atoms with Crippen molar-refractivity contribution in [1.82, 2.24) is 10.3 Å². The summed E-state index contributed by atoms with van der Waals surface area (Å²) in [6.45, 7) is 0. The van der Waals surface area contributed by atoms with Crippen molar-refractivity contribution in [2.24, 2.45) is 0 Å². The minimum absolute atomic E-state index is 0.0285. The van der Waals surface area contributed by atoms with Gasteiger partial charge in [0.15, 0.2) is 5.75 Å². The Bertz CT molecular complexity index is 646. The SMILES string of the molecule is O=C(NC1CCCCCC1)c1ccc2cccnc2c1O. The second-order valence-corrected chi connectivity index (χ2v) is 5.70. The van der Waals surface area contributed by atoms with E-state index < -0.39 is 0 Å². The summed E-state index contributed by atoms with van der Waals surface area (Å²) in [6, 6.07) is 7.40. The average Bonchev–Trinajstić information content (AvgIpc) is 2.76. The number of fused-ring (bicyclic) bond motifs is 1. The van der Waals surface area contributed by atoms with Gasteiger partial charge in [-0.3, -0.25) is 9.78 Å². The third-order valence-electron chi connectivity index (χ3n) is 4.18. The zero-order chi connectivity index (χ0) is 14.7. The second kappa shape index (κ2) is 6.12. The van der Waals surface area contributed by atoms with Gasteiger partial charge in [-0.15, -0.1) is 0 Å². The Kier molecular flexibility index (Phi) is 4.04. The molecule has 0 aliphatic heterocycles. The molecule has 3 rings (SSSR count). The standard InChI is InChI=1S/C17H20N2O2/c20-16-14(10-9-12-6-5-11-18-15(12)16)17(21)19-13-7-3-1-2-4-8-13/h5-6,9-11,13,20H,1-4,7-8H2,(H,19,21). The van der Waals surface area contributed by atoms with Crippen molar-refractivity contribution in [3.63, 3.8) is 0 Å². The molecule has 4 nitrogen and oxygen atoms in total. The highest BCUT2D eigenvalue weighted by Crippen LogP contribution is 2.27. The van der Waals surface area contributed by atoms with Gasteiger partial charge in [0.1, 0.15) is 5.52 Å². The van der Waals surface area contributed by atoms with Crippen LogP contribution in [-0.2, 0) is 0 Å². The quantitative estimate of drug-likeness (QED) is 0.831. The van der Waals surface area contributed by atoms with Gasteiger partial charge in [0, 0.05) is 17.6 Å². The fourth-order valence-electron chi connectivity index (χ4n) is 3.00. The zero-order valence-corrected chi connectivity index (χ0v) is 12.0. The minimum Gasteiger partial charge on any atom is -0.505 e. The number of aromatic hydroxyl groups is 1. The predicted octanol–water partition coefficient (Wildman–Crippen LogP) is 3.39. The van der Waals surface area contributed by atoms with Crippen LogP contribution in [0.3, 0.4) is 0 Å². The topological polar surface area (TPSA) is 62.2 Å². The van der Waals surface area contributed by atoms with E-state index in [1.165, 1.54) is 12.8 Å². The molecule has 0 atom stereocenters. The van der Waals surface area contributed by atoms with Gasteiger partial charge in [0.2, 0.25) is 0 Å². The van der Waals surface area contributed by atoms with Gasteiger partial charge >= 0.3 is 0 Å². The Balaban J connectivity index is 1.82. The summed E-state index contributed by atoms with van der Waals surface area (Å²) < 4.78 is 0. The number of benzene rings is 1. The van der Waals surface area contributed by atoms with Crippen molar-refractivity contribution in [2.45, 2.75) is 44.6 Å². The highest BCUT2D eigenvalue weighted by molar-refractivity contribution is 6.02. The number of hydrogen-bond acceptors (Lipinski definition) is 3. The van der Waals surface area contributed by atoms with Crippen molar-refractivity contribution in [1.29, 1.82) is 0 Å². The average molecular weight is 284 g/mol. The third kappa shape index (κ3) is 2.99. The molecule has 2 N–H and O–H groups in total. The van der Waals surface area contributed by atoms with Gasteiger partial charge in [-0.05, 0) is 25.0 Å². The molecule has 110 valence electrons. The molecule has 1 heterocycles. The van der Waals surface area contributed by atoms with E-state index in [0.717, 1.165) is 31.1 Å². The number of amides is 1. The Morgan fingerprint density at radius 1 is 1.14 bits per heavy atom. The van der Waals surface area contributed by atoms with E-state index in [1.54, 1.807) is 12.3 Å². The van der Waals surface area contributed by atoms with Crippen LogP contribution in [-0.4, -0.2) is 22.0 Å². The molecule has 1 aromatic heterocycles. The third-order valence-corrected chi connectivity index (χ3v) is 4.18. The summed E-state index contributed by atoms with van der Waals surface area (Å²) in [7, 11) is 0. The first-order valence-corrected chi connectivity index (χ1v) is 7.63. The van der Waals surface area contributed by atoms with E-state index in [9.17, 15) is 9.90 Å². The fourth-order valence-corrected chi connectivity index (χ4v) is 3.00. The maximum atomic E-state index is 12.4. The van der Waals surface area contributed by atoms with Gasteiger partial charge in [0.05, 0.1) is 5.56 Å². The molecule has 0 spiro atoms. The van der Waals surface area contributed by atoms with Crippen LogP contribution in [0.25, 0.3) is 10.9 Å². The number of phenols is 1. The molecule has 2 aromatic rings. The first kappa shape index (κ1) is 13.9. The maximum Gasteiger partial charge on any atom is 0.255 e. The monoisotopic (exact) mass is 284 g/mol. The molecule has 1 saturated carbocycles. The lowest BCUT2D eigenvalue weighted by Crippen LogP contribution is -2.34. The summed E-state index contributed by atoms with van der Waals surface area (Å²) in [5.41, 5.74) is 0.788. The Labute approximate surface area is 124 Å². The first-order chi connectivity index (χ1) is 10.3. The van der Waals surface area contributed by atoms with E-state index in [4.69, 9.17) is 0 Å². The molecule has 1 aliphatic rings. The molecule has 21 heavy (non-hydrogen) atoms. The second-order valence-electron chi connectivity index (χ2n) is 5.70. The molecular weight excluding hydrogens is 264 g/mol. The van der Waals surface area contributed by atoms with E-state index in [1.807, 2.05) is 18.2 Å². The number of rotatable bonds is 2. The molecule has 0 saturated heterocycles. The molecule has 1 aliphatic carbocycles. The molecule has 1 aromatic carbocycles. The summed E-state index contributed by atoms with van der Waals surface area (Å²) in [5, 5.41) is 14.2. The molecule has 0 radical (unpaired) electrons. The molecule has 1 fully saturated rings. The number of phenolic OH excluding ortho intramolecular Hbond substituents is 1. The van der Waals surface area contributed by atoms with Crippen LogP contribution in [0, 0.1) is 0 Å². The number of carbonyl (C=O) groups excluding carboxylic acids is 1. The molecule has 0 bridgehead atoms. The highest BCUT2D eigenvalue weighted by atomic mass is 16.3. The summed E-state index contributed by atoms with van der Waals surface area (Å²) in [4.78, 5) is 16.5. The number of hydrogen-bond donors (Lipinski definition) is 2. The number of carbonyl (C=O) groups is 1. The molecular formula is C17H20N2O2. The molecule has 1 amide bonds. The van der Waals surface area contributed by atoms with Crippen LogP contribution in [0.2, 0.25) is 0 Å². The largest absolute Gasteiger partial charge is 0.505 e. The Morgan fingerprint density at radius 3 is 2.67 bits per heavy atom. The lowest BCUT2D eigenvalue weighted by atomic mass is 10.1. The summed E-state index contributed by atoms with van der Waals surface area (Å²) >= 11 is 0. The lowest BCUT2D eigenvalue weighted by Gasteiger charge is -2.17. The van der Waals surface area contributed by atoms with Crippen molar-refractivity contribution >= 4 is 16.8 Å².